The maximum atomic E-state index is 13.3. The summed E-state index contributed by atoms with van der Waals surface area (Å²) in [6.45, 7) is 4.76. The Kier molecular flexibility index (Phi) is 4.65. The van der Waals surface area contributed by atoms with Crippen LogP contribution in [0, 0.1) is 5.82 Å². The van der Waals surface area contributed by atoms with E-state index in [1.165, 1.54) is 29.2 Å². The first kappa shape index (κ1) is 16.4. The summed E-state index contributed by atoms with van der Waals surface area (Å²) in [5.41, 5.74) is 8.47. The Bertz CT molecular complexity index is 843. The summed E-state index contributed by atoms with van der Waals surface area (Å²) in [4.78, 5) is 9.36. The van der Waals surface area contributed by atoms with E-state index in [4.69, 9.17) is 5.73 Å². The zero-order valence-corrected chi connectivity index (χ0v) is 14.8. The quantitative estimate of drug-likeness (QED) is 0.779. The van der Waals surface area contributed by atoms with Crippen LogP contribution in [-0.4, -0.2) is 42.6 Å². The van der Waals surface area contributed by atoms with Crippen LogP contribution in [0.3, 0.4) is 0 Å². The molecule has 0 bridgehead atoms. The van der Waals surface area contributed by atoms with E-state index >= 15 is 0 Å². The number of thiazole rings is 1. The number of nitrogens with two attached hydrogens (primary N) is 1. The molecule has 4 rings (SSSR count). The zero-order valence-electron chi connectivity index (χ0n) is 13.9. The van der Waals surface area contributed by atoms with Gasteiger partial charge < -0.3 is 10.6 Å². The first-order valence-corrected chi connectivity index (χ1v) is 9.34. The molecule has 1 unspecified atom stereocenters. The van der Waals surface area contributed by atoms with E-state index in [0.717, 1.165) is 47.9 Å². The summed E-state index contributed by atoms with van der Waals surface area (Å²) in [5, 5.41) is 0.881. The topological polar surface area (TPSA) is 45.4 Å². The minimum absolute atomic E-state index is 0.135. The minimum Gasteiger partial charge on any atom is -0.369 e. The van der Waals surface area contributed by atoms with E-state index in [2.05, 4.69) is 39.0 Å². The molecule has 1 aromatic heterocycles. The number of nitrogens with zero attached hydrogens (tertiary/aromatic N) is 3. The van der Waals surface area contributed by atoms with Gasteiger partial charge in [-0.05, 0) is 30.3 Å². The number of rotatable bonds is 4. The number of piperazine rings is 1. The van der Waals surface area contributed by atoms with Crippen molar-refractivity contribution in [2.24, 2.45) is 5.73 Å². The molecule has 1 aliphatic rings. The summed E-state index contributed by atoms with van der Waals surface area (Å²) < 4.78 is 14.2. The van der Waals surface area contributed by atoms with Crippen LogP contribution in [0.4, 0.5) is 10.1 Å². The van der Waals surface area contributed by atoms with Crippen LogP contribution < -0.4 is 10.6 Å². The third-order valence-electron chi connectivity index (χ3n) is 4.63. The normalized spacial score (nSPS) is 17.1. The third-order valence-corrected chi connectivity index (χ3v) is 5.78. The standard InChI is InChI=1S/C19H21FN4S/c20-14-6-7-17-18(12-14)25-19(22-17)16(21)13-23-8-10-24(11-9-23)15-4-2-1-3-5-15/h1-7,12,16H,8-11,13,21H2. The van der Waals surface area contributed by atoms with Gasteiger partial charge in [-0.1, -0.05) is 18.2 Å². The molecule has 3 aromatic rings. The van der Waals surface area contributed by atoms with Crippen molar-refractivity contribution in [2.45, 2.75) is 6.04 Å². The fraction of sp³-hybridized carbons (Fsp3) is 0.316. The molecule has 1 saturated heterocycles. The number of aromatic nitrogens is 1. The van der Waals surface area contributed by atoms with Crippen LogP contribution in [0.2, 0.25) is 0 Å². The number of fused-ring (bicyclic) bond motifs is 1. The summed E-state index contributed by atoms with van der Waals surface area (Å²) >= 11 is 1.49. The van der Waals surface area contributed by atoms with Crippen molar-refractivity contribution < 1.29 is 4.39 Å². The lowest BCUT2D eigenvalue weighted by atomic mass is 10.2. The van der Waals surface area contributed by atoms with Gasteiger partial charge in [0.2, 0.25) is 0 Å². The van der Waals surface area contributed by atoms with Crippen LogP contribution in [0.15, 0.2) is 48.5 Å². The largest absolute Gasteiger partial charge is 0.369 e. The molecule has 0 radical (unpaired) electrons. The van der Waals surface area contributed by atoms with Crippen LogP contribution in [0.25, 0.3) is 10.2 Å². The van der Waals surface area contributed by atoms with E-state index in [9.17, 15) is 4.39 Å². The molecule has 4 nitrogen and oxygen atoms in total. The van der Waals surface area contributed by atoms with E-state index in [1.54, 1.807) is 6.07 Å². The van der Waals surface area contributed by atoms with Gasteiger partial charge in [0.25, 0.3) is 0 Å². The average Bonchev–Trinajstić information content (AvgIpc) is 3.06. The maximum absolute atomic E-state index is 13.3. The predicted molar refractivity (Wildman–Crippen MR) is 102 cm³/mol. The molecule has 1 fully saturated rings. The number of hydrogen-bond acceptors (Lipinski definition) is 5. The van der Waals surface area contributed by atoms with Gasteiger partial charge in [0.05, 0.1) is 16.3 Å². The van der Waals surface area contributed by atoms with Crippen molar-refractivity contribution in [3.8, 4) is 0 Å². The molecule has 0 aliphatic carbocycles. The van der Waals surface area contributed by atoms with Crippen molar-refractivity contribution >= 4 is 27.2 Å². The highest BCUT2D eigenvalue weighted by Crippen LogP contribution is 2.27. The van der Waals surface area contributed by atoms with Crippen LogP contribution in [0.5, 0.6) is 0 Å². The van der Waals surface area contributed by atoms with Gasteiger partial charge in [-0.15, -0.1) is 11.3 Å². The van der Waals surface area contributed by atoms with Gasteiger partial charge in [0, 0.05) is 38.4 Å². The molecule has 0 spiro atoms. The maximum Gasteiger partial charge on any atom is 0.124 e. The number of hydrogen-bond donors (Lipinski definition) is 1. The summed E-state index contributed by atoms with van der Waals surface area (Å²) in [6.07, 6.45) is 0. The van der Waals surface area contributed by atoms with Crippen molar-refractivity contribution in [3.05, 3.63) is 59.4 Å². The van der Waals surface area contributed by atoms with E-state index in [-0.39, 0.29) is 11.9 Å². The molecule has 2 heterocycles. The van der Waals surface area contributed by atoms with Gasteiger partial charge in [-0.25, -0.2) is 9.37 Å². The Morgan fingerprint density at radius 3 is 2.60 bits per heavy atom. The monoisotopic (exact) mass is 356 g/mol. The van der Waals surface area contributed by atoms with Gasteiger partial charge in [-0.2, -0.15) is 0 Å². The number of anilines is 1. The molecule has 130 valence electrons. The fourth-order valence-electron chi connectivity index (χ4n) is 3.26. The fourth-order valence-corrected chi connectivity index (χ4v) is 4.24. The van der Waals surface area contributed by atoms with Gasteiger partial charge in [-0.3, -0.25) is 4.90 Å². The molecule has 0 saturated carbocycles. The summed E-state index contributed by atoms with van der Waals surface area (Å²) in [5.74, 6) is -0.228. The number of halogens is 1. The van der Waals surface area contributed by atoms with Crippen LogP contribution in [0.1, 0.15) is 11.0 Å². The highest BCUT2D eigenvalue weighted by Gasteiger charge is 2.21. The lowest BCUT2D eigenvalue weighted by Crippen LogP contribution is -2.48. The molecule has 6 heteroatoms. The number of para-hydroxylation sites is 1. The summed E-state index contributed by atoms with van der Waals surface area (Å²) in [6, 6.07) is 15.1. The Labute approximate surface area is 150 Å². The van der Waals surface area contributed by atoms with Crippen molar-refractivity contribution in [3.63, 3.8) is 0 Å². The highest BCUT2D eigenvalue weighted by molar-refractivity contribution is 7.18. The lowest BCUT2D eigenvalue weighted by Gasteiger charge is -2.36. The molecule has 2 aromatic carbocycles. The minimum atomic E-state index is -0.228. The highest BCUT2D eigenvalue weighted by atomic mass is 32.1. The SMILES string of the molecule is NC(CN1CCN(c2ccccc2)CC1)c1nc2ccc(F)cc2s1. The Balaban J connectivity index is 1.37. The van der Waals surface area contributed by atoms with Crippen molar-refractivity contribution in [2.75, 3.05) is 37.6 Å². The van der Waals surface area contributed by atoms with Crippen molar-refractivity contribution in [1.82, 2.24) is 9.88 Å². The predicted octanol–water partition coefficient (Wildman–Crippen LogP) is 3.26. The van der Waals surface area contributed by atoms with Crippen LogP contribution >= 0.6 is 11.3 Å². The van der Waals surface area contributed by atoms with Gasteiger partial charge in [0.1, 0.15) is 10.8 Å². The smallest absolute Gasteiger partial charge is 0.124 e. The lowest BCUT2D eigenvalue weighted by molar-refractivity contribution is 0.243. The molecule has 0 amide bonds. The molecular weight excluding hydrogens is 335 g/mol. The molecule has 1 aliphatic heterocycles. The van der Waals surface area contributed by atoms with Gasteiger partial charge >= 0.3 is 0 Å². The average molecular weight is 356 g/mol. The molecular formula is C19H21FN4S. The van der Waals surface area contributed by atoms with E-state index in [1.807, 2.05) is 6.07 Å². The molecule has 25 heavy (non-hydrogen) atoms. The zero-order chi connectivity index (χ0) is 17.2. The molecule has 2 N–H and O–H groups in total. The second kappa shape index (κ2) is 7.07. The summed E-state index contributed by atoms with van der Waals surface area (Å²) in [7, 11) is 0. The Morgan fingerprint density at radius 2 is 1.84 bits per heavy atom. The Hall–Kier alpha value is -2.02. The number of benzene rings is 2. The third kappa shape index (κ3) is 3.66. The first-order chi connectivity index (χ1) is 12.2. The van der Waals surface area contributed by atoms with Gasteiger partial charge in [0.15, 0.2) is 0 Å². The molecule has 1 atom stereocenters. The van der Waals surface area contributed by atoms with E-state index in [0.29, 0.717) is 0 Å². The van der Waals surface area contributed by atoms with E-state index < -0.39 is 0 Å². The first-order valence-electron chi connectivity index (χ1n) is 8.53. The Morgan fingerprint density at radius 1 is 1.08 bits per heavy atom. The second-order valence-electron chi connectivity index (χ2n) is 6.39. The van der Waals surface area contributed by atoms with Crippen LogP contribution in [-0.2, 0) is 0 Å². The second-order valence-corrected chi connectivity index (χ2v) is 7.46. The van der Waals surface area contributed by atoms with Crippen molar-refractivity contribution in [1.29, 1.82) is 0 Å².